The average Bonchev–Trinajstić information content (AvgIpc) is 2.74. The van der Waals surface area contributed by atoms with Crippen LogP contribution >= 0.6 is 0 Å². The molecule has 0 aromatic heterocycles. The van der Waals surface area contributed by atoms with E-state index in [1.165, 1.54) is 25.1 Å². The third-order valence-corrected chi connectivity index (χ3v) is 3.48. The summed E-state index contributed by atoms with van der Waals surface area (Å²) in [6, 6.07) is 2.88. The number of ether oxygens (including phenoxy) is 2. The molecular weight excluding hydrogens is 296 g/mol. The summed E-state index contributed by atoms with van der Waals surface area (Å²) in [5, 5.41) is 9.92. The van der Waals surface area contributed by atoms with Crippen LogP contribution in [0.3, 0.4) is 0 Å². The first-order chi connectivity index (χ1) is 10.7. The molecule has 0 radical (unpaired) electrons. The van der Waals surface area contributed by atoms with Crippen molar-refractivity contribution in [2.45, 2.75) is 39.9 Å². The molecule has 1 N–H and O–H groups in total. The van der Waals surface area contributed by atoms with Crippen molar-refractivity contribution in [2.75, 3.05) is 0 Å². The number of aromatic hydroxyl groups is 1. The van der Waals surface area contributed by atoms with Gasteiger partial charge < -0.3 is 14.6 Å². The zero-order valence-electron chi connectivity index (χ0n) is 13.7. The number of carbonyl (C=O) groups excluding carboxylic acids is 2. The van der Waals surface area contributed by atoms with Crippen molar-refractivity contribution in [1.82, 2.24) is 0 Å². The second kappa shape index (κ2) is 6.28. The van der Waals surface area contributed by atoms with Crippen molar-refractivity contribution in [1.29, 1.82) is 0 Å². The highest BCUT2D eigenvalue weighted by atomic mass is 16.6. The lowest BCUT2D eigenvalue weighted by molar-refractivity contribution is -0.145. The SMILES string of the molecule is C=C(C)C1Oc2cc(O)c(C(C)=O)cc2C1OC(=O)C=C(C)C. The molecule has 2 unspecified atom stereocenters. The molecule has 0 spiro atoms. The second-order valence-corrected chi connectivity index (χ2v) is 5.93. The van der Waals surface area contributed by atoms with E-state index in [9.17, 15) is 14.7 Å². The van der Waals surface area contributed by atoms with Gasteiger partial charge in [0, 0.05) is 17.7 Å². The number of Topliss-reactive ketones (excluding diaryl/α,β-unsaturated/α-hetero) is 1. The van der Waals surface area contributed by atoms with E-state index in [0.29, 0.717) is 16.9 Å². The van der Waals surface area contributed by atoms with Crippen molar-refractivity contribution in [3.05, 3.63) is 47.1 Å². The smallest absolute Gasteiger partial charge is 0.331 e. The van der Waals surface area contributed by atoms with E-state index in [1.54, 1.807) is 20.8 Å². The summed E-state index contributed by atoms with van der Waals surface area (Å²) in [7, 11) is 0. The van der Waals surface area contributed by atoms with E-state index in [-0.39, 0.29) is 17.1 Å². The van der Waals surface area contributed by atoms with E-state index in [4.69, 9.17) is 9.47 Å². The highest BCUT2D eigenvalue weighted by molar-refractivity contribution is 5.97. The zero-order valence-corrected chi connectivity index (χ0v) is 13.7. The lowest BCUT2D eigenvalue weighted by Gasteiger charge is -2.19. The maximum absolute atomic E-state index is 12.0. The maximum atomic E-state index is 12.0. The van der Waals surface area contributed by atoms with E-state index in [0.717, 1.165) is 5.57 Å². The summed E-state index contributed by atoms with van der Waals surface area (Å²) >= 11 is 0. The van der Waals surface area contributed by atoms with E-state index in [2.05, 4.69) is 6.58 Å². The standard InChI is InChI=1S/C18H20O5/c1-9(2)6-16(21)23-18-13-7-12(11(5)19)14(20)8-15(13)22-17(18)10(3)4/h6-8,17-18,20H,3H2,1-2,4-5H3. The summed E-state index contributed by atoms with van der Waals surface area (Å²) in [5.41, 5.74) is 2.21. The Hall–Kier alpha value is -2.56. The number of phenols is 1. The number of phenolic OH excluding ortho intramolecular Hbond substituents is 1. The molecule has 1 aromatic carbocycles. The number of fused-ring (bicyclic) bond motifs is 1. The van der Waals surface area contributed by atoms with E-state index < -0.39 is 18.2 Å². The Morgan fingerprint density at radius 1 is 1.26 bits per heavy atom. The lowest BCUT2D eigenvalue weighted by atomic mass is 9.99. The number of benzene rings is 1. The van der Waals surface area contributed by atoms with Gasteiger partial charge in [0.05, 0.1) is 5.56 Å². The van der Waals surface area contributed by atoms with Crippen LogP contribution in [-0.4, -0.2) is 23.0 Å². The molecule has 1 aromatic rings. The molecule has 1 aliphatic rings. The van der Waals surface area contributed by atoms with E-state index >= 15 is 0 Å². The highest BCUT2D eigenvalue weighted by Gasteiger charge is 2.38. The van der Waals surface area contributed by atoms with Gasteiger partial charge in [-0.3, -0.25) is 4.79 Å². The van der Waals surface area contributed by atoms with Crippen LogP contribution in [0.1, 0.15) is 49.7 Å². The van der Waals surface area contributed by atoms with Gasteiger partial charge in [0.2, 0.25) is 0 Å². The Kier molecular flexibility index (Phi) is 4.59. The van der Waals surface area contributed by atoms with Crippen LogP contribution in [0.2, 0.25) is 0 Å². The monoisotopic (exact) mass is 316 g/mol. The molecular formula is C18H20O5. The Labute approximate surface area is 135 Å². The van der Waals surface area contributed by atoms with Gasteiger partial charge in [0.15, 0.2) is 18.0 Å². The van der Waals surface area contributed by atoms with Gasteiger partial charge in [0.1, 0.15) is 11.5 Å². The van der Waals surface area contributed by atoms with Gasteiger partial charge in [-0.1, -0.05) is 12.2 Å². The molecule has 1 heterocycles. The van der Waals surface area contributed by atoms with E-state index in [1.807, 2.05) is 0 Å². The fourth-order valence-electron chi connectivity index (χ4n) is 2.43. The Bertz CT molecular complexity index is 710. The minimum absolute atomic E-state index is 0.159. The number of hydrogen-bond acceptors (Lipinski definition) is 5. The minimum Gasteiger partial charge on any atom is -0.507 e. The van der Waals surface area contributed by atoms with Crippen LogP contribution < -0.4 is 4.74 Å². The van der Waals surface area contributed by atoms with Crippen molar-refractivity contribution >= 4 is 11.8 Å². The molecule has 5 heteroatoms. The molecule has 0 saturated heterocycles. The quantitative estimate of drug-likeness (QED) is 0.398. The second-order valence-electron chi connectivity index (χ2n) is 5.93. The first-order valence-electron chi connectivity index (χ1n) is 7.26. The molecule has 23 heavy (non-hydrogen) atoms. The van der Waals surface area contributed by atoms with Crippen LogP contribution in [0, 0.1) is 0 Å². The normalized spacial score (nSPS) is 18.6. The molecule has 1 aliphatic heterocycles. The van der Waals surface area contributed by atoms with Crippen molar-refractivity contribution in [2.24, 2.45) is 0 Å². The number of hydrogen-bond donors (Lipinski definition) is 1. The summed E-state index contributed by atoms with van der Waals surface area (Å²) in [6.45, 7) is 10.6. The van der Waals surface area contributed by atoms with Gasteiger partial charge in [-0.2, -0.15) is 0 Å². The summed E-state index contributed by atoms with van der Waals surface area (Å²) in [4.78, 5) is 23.6. The number of esters is 1. The Balaban J connectivity index is 2.45. The predicted molar refractivity (Wildman–Crippen MR) is 85.6 cm³/mol. The molecule has 0 aliphatic carbocycles. The lowest BCUT2D eigenvalue weighted by Crippen LogP contribution is -2.23. The van der Waals surface area contributed by atoms with Gasteiger partial charge in [-0.25, -0.2) is 4.79 Å². The molecule has 0 bridgehead atoms. The van der Waals surface area contributed by atoms with Gasteiger partial charge in [-0.05, 0) is 39.3 Å². The third-order valence-electron chi connectivity index (χ3n) is 3.48. The molecule has 2 rings (SSSR count). The largest absolute Gasteiger partial charge is 0.507 e. The fourth-order valence-corrected chi connectivity index (χ4v) is 2.43. The maximum Gasteiger partial charge on any atom is 0.331 e. The van der Waals surface area contributed by atoms with Crippen LogP contribution in [0.5, 0.6) is 11.5 Å². The molecule has 0 amide bonds. The van der Waals surface area contributed by atoms with Gasteiger partial charge in [-0.15, -0.1) is 0 Å². The summed E-state index contributed by atoms with van der Waals surface area (Å²) in [6.07, 6.45) is 0.130. The third kappa shape index (κ3) is 3.44. The molecule has 0 saturated carbocycles. The van der Waals surface area contributed by atoms with Crippen LogP contribution in [0.15, 0.2) is 35.9 Å². The number of ketones is 1. The summed E-state index contributed by atoms with van der Waals surface area (Å²) in [5.74, 6) is -0.544. The van der Waals surface area contributed by atoms with Crippen molar-refractivity contribution in [3.8, 4) is 11.5 Å². The van der Waals surface area contributed by atoms with Gasteiger partial charge >= 0.3 is 5.97 Å². The molecule has 5 nitrogen and oxygen atoms in total. The number of carbonyl (C=O) groups is 2. The highest BCUT2D eigenvalue weighted by Crippen LogP contribution is 2.44. The molecule has 2 atom stereocenters. The number of allylic oxidation sites excluding steroid dienone is 1. The fraction of sp³-hybridized carbons (Fsp3) is 0.333. The van der Waals surface area contributed by atoms with Crippen LogP contribution in [0.4, 0.5) is 0 Å². The number of rotatable bonds is 4. The average molecular weight is 316 g/mol. The van der Waals surface area contributed by atoms with Crippen molar-refractivity contribution < 1.29 is 24.2 Å². The van der Waals surface area contributed by atoms with Crippen molar-refractivity contribution in [3.63, 3.8) is 0 Å². The topological polar surface area (TPSA) is 72.8 Å². The first kappa shape index (κ1) is 16.8. The Morgan fingerprint density at radius 2 is 1.91 bits per heavy atom. The minimum atomic E-state index is -0.704. The molecule has 0 fully saturated rings. The summed E-state index contributed by atoms with van der Waals surface area (Å²) < 4.78 is 11.2. The molecule has 122 valence electrons. The van der Waals surface area contributed by atoms with Gasteiger partial charge in [0.25, 0.3) is 0 Å². The first-order valence-corrected chi connectivity index (χ1v) is 7.26. The van der Waals surface area contributed by atoms with Crippen LogP contribution in [0.25, 0.3) is 0 Å². The van der Waals surface area contributed by atoms with Crippen LogP contribution in [-0.2, 0) is 9.53 Å². The predicted octanol–water partition coefficient (Wildman–Crippen LogP) is 3.48. The Morgan fingerprint density at radius 3 is 2.43 bits per heavy atom. The zero-order chi connectivity index (χ0) is 17.3.